The summed E-state index contributed by atoms with van der Waals surface area (Å²) in [5, 5.41) is 1.74. The molecule has 0 spiro atoms. The smallest absolute Gasteiger partial charge is 0.327 e. The van der Waals surface area contributed by atoms with Crippen LogP contribution in [0.2, 0.25) is 0 Å². The van der Waals surface area contributed by atoms with Gasteiger partial charge in [0.05, 0.1) is 25.2 Å². The molecule has 0 amide bonds. The van der Waals surface area contributed by atoms with E-state index in [0.717, 1.165) is 6.42 Å². The number of carbonyl (C=O) groups is 1. The summed E-state index contributed by atoms with van der Waals surface area (Å²) in [5.74, 6) is -0.152. The number of methoxy groups -OCH3 is 1. The molecule has 31 heavy (non-hydrogen) atoms. The number of carbonyl (C=O) groups excluding carboxylic acids is 1. The lowest BCUT2D eigenvalue weighted by molar-refractivity contribution is -0.177. The number of hydrogen-bond donors (Lipinski definition) is 0. The molecule has 1 aliphatic heterocycles. The van der Waals surface area contributed by atoms with Crippen molar-refractivity contribution in [1.29, 1.82) is 0 Å². The summed E-state index contributed by atoms with van der Waals surface area (Å²) in [4.78, 5) is 18.8. The highest BCUT2D eigenvalue weighted by Gasteiger charge is 2.54. The van der Waals surface area contributed by atoms with E-state index in [1.807, 2.05) is 30.3 Å². The van der Waals surface area contributed by atoms with Gasteiger partial charge in [-0.05, 0) is 56.0 Å². The van der Waals surface area contributed by atoms with E-state index in [9.17, 15) is 13.2 Å². The zero-order chi connectivity index (χ0) is 22.3. The van der Waals surface area contributed by atoms with Gasteiger partial charge in [-0.3, -0.25) is 9.63 Å². The van der Waals surface area contributed by atoms with E-state index in [4.69, 9.17) is 14.3 Å². The van der Waals surface area contributed by atoms with Gasteiger partial charge in [0, 0.05) is 13.1 Å². The Morgan fingerprint density at radius 1 is 1.03 bits per heavy atom. The molecule has 8 heteroatoms. The maximum atomic E-state index is 13.5. The second-order valence-electron chi connectivity index (χ2n) is 7.39. The van der Waals surface area contributed by atoms with Gasteiger partial charge in [0.25, 0.3) is 0 Å². The van der Waals surface area contributed by atoms with Crippen LogP contribution in [0.1, 0.15) is 25.3 Å². The second-order valence-corrected chi connectivity index (χ2v) is 9.65. The Hall–Kier alpha value is -2.42. The van der Waals surface area contributed by atoms with Crippen molar-refractivity contribution in [2.45, 2.75) is 35.8 Å². The number of piperidine rings is 1. The molecule has 0 saturated carbocycles. The van der Waals surface area contributed by atoms with Crippen molar-refractivity contribution in [3.05, 3.63) is 60.2 Å². The minimum Gasteiger partial charge on any atom is -0.497 e. The van der Waals surface area contributed by atoms with Crippen LogP contribution in [0.3, 0.4) is 0 Å². The van der Waals surface area contributed by atoms with Gasteiger partial charge in [-0.15, -0.1) is 0 Å². The van der Waals surface area contributed by atoms with Crippen LogP contribution < -0.4 is 4.74 Å². The van der Waals surface area contributed by atoms with Crippen LogP contribution in [-0.2, 0) is 30.6 Å². The first kappa shape index (κ1) is 23.2. The van der Waals surface area contributed by atoms with Crippen LogP contribution >= 0.6 is 0 Å². The van der Waals surface area contributed by atoms with Crippen LogP contribution in [0.25, 0.3) is 0 Å². The van der Waals surface area contributed by atoms with Crippen molar-refractivity contribution in [2.75, 3.05) is 33.4 Å². The topological polar surface area (TPSA) is 82.1 Å². The molecule has 1 aliphatic rings. The highest BCUT2D eigenvalue weighted by molar-refractivity contribution is 7.93. The highest BCUT2D eigenvalue weighted by Crippen LogP contribution is 2.37. The Balaban J connectivity index is 1.72. The number of ether oxygens (including phenoxy) is 2. The molecule has 0 aliphatic carbocycles. The van der Waals surface area contributed by atoms with Crippen LogP contribution in [0.15, 0.2) is 59.5 Å². The fraction of sp³-hybridized carbons (Fsp3) is 0.435. The average molecular weight is 448 g/mol. The first-order chi connectivity index (χ1) is 14.9. The maximum absolute atomic E-state index is 13.5. The molecule has 1 fully saturated rings. The quantitative estimate of drug-likeness (QED) is 0.547. The van der Waals surface area contributed by atoms with Crippen LogP contribution in [0.4, 0.5) is 0 Å². The Labute approximate surface area is 183 Å². The van der Waals surface area contributed by atoms with Gasteiger partial charge in [0.2, 0.25) is 0 Å². The zero-order valence-electron chi connectivity index (χ0n) is 18.0. The monoisotopic (exact) mass is 447 g/mol. The average Bonchev–Trinajstić information content (AvgIpc) is 2.80. The van der Waals surface area contributed by atoms with Gasteiger partial charge in [0.15, 0.2) is 14.6 Å². The van der Waals surface area contributed by atoms with Crippen molar-refractivity contribution in [2.24, 2.45) is 0 Å². The lowest BCUT2D eigenvalue weighted by Gasteiger charge is -2.38. The Bertz CT molecular complexity index is 951. The number of hydroxylamine groups is 2. The van der Waals surface area contributed by atoms with E-state index in [1.54, 1.807) is 24.1 Å². The summed E-state index contributed by atoms with van der Waals surface area (Å²) < 4.78 is 35.8. The third kappa shape index (κ3) is 5.08. The molecule has 7 nitrogen and oxygen atoms in total. The number of hydrogen-bond acceptors (Lipinski definition) is 7. The third-order valence-corrected chi connectivity index (χ3v) is 8.07. The SMILES string of the molecule is CCOC(=O)C1(S(=O)(=O)c2ccc(OC)cc2)CCN(OCCc2ccccc2)CC1. The van der Waals surface area contributed by atoms with Crippen LogP contribution in [-0.4, -0.2) is 57.6 Å². The molecule has 0 atom stereocenters. The predicted molar refractivity (Wildman–Crippen MR) is 116 cm³/mol. The van der Waals surface area contributed by atoms with Gasteiger partial charge < -0.3 is 9.47 Å². The van der Waals surface area contributed by atoms with Crippen LogP contribution in [0, 0.1) is 0 Å². The molecule has 0 radical (unpaired) electrons. The normalized spacial score (nSPS) is 16.6. The molecule has 1 heterocycles. The Kier molecular flexibility index (Phi) is 7.69. The summed E-state index contributed by atoms with van der Waals surface area (Å²) in [6.45, 7) is 2.93. The molecule has 2 aromatic rings. The molecule has 0 N–H and O–H groups in total. The Morgan fingerprint density at radius 2 is 1.68 bits per heavy atom. The Morgan fingerprint density at radius 3 is 2.26 bits per heavy atom. The molecule has 0 aromatic heterocycles. The lowest BCUT2D eigenvalue weighted by Crippen LogP contribution is -2.55. The first-order valence-electron chi connectivity index (χ1n) is 10.4. The minimum absolute atomic E-state index is 0.0831. The summed E-state index contributed by atoms with van der Waals surface area (Å²) in [5.41, 5.74) is 1.17. The standard InChI is InChI=1S/C23H29NO6S/c1-3-29-22(25)23(31(26,27)21-11-9-20(28-2)10-12-21)14-16-24(17-15-23)30-18-13-19-7-5-4-6-8-19/h4-12H,3,13-18H2,1-2H3. The predicted octanol–water partition coefficient (Wildman–Crippen LogP) is 3.04. The molecule has 1 saturated heterocycles. The van der Waals surface area contributed by atoms with Gasteiger partial charge in [-0.1, -0.05) is 30.3 Å². The molecule has 2 aromatic carbocycles. The summed E-state index contributed by atoms with van der Waals surface area (Å²) in [6, 6.07) is 16.1. The molecular formula is C23H29NO6S. The van der Waals surface area contributed by atoms with Crippen molar-refractivity contribution in [3.8, 4) is 5.75 Å². The summed E-state index contributed by atoms with van der Waals surface area (Å²) in [7, 11) is -2.46. The number of sulfone groups is 1. The third-order valence-electron chi connectivity index (χ3n) is 5.57. The number of rotatable bonds is 9. The maximum Gasteiger partial charge on any atom is 0.327 e. The number of benzene rings is 2. The fourth-order valence-corrected chi connectivity index (χ4v) is 5.68. The zero-order valence-corrected chi connectivity index (χ0v) is 18.8. The molecule has 0 bridgehead atoms. The van der Waals surface area contributed by atoms with E-state index in [0.29, 0.717) is 25.4 Å². The van der Waals surface area contributed by atoms with Gasteiger partial charge in [0.1, 0.15) is 5.75 Å². The van der Waals surface area contributed by atoms with Crippen molar-refractivity contribution >= 4 is 15.8 Å². The molecule has 168 valence electrons. The molecule has 0 unspecified atom stereocenters. The van der Waals surface area contributed by atoms with Gasteiger partial charge >= 0.3 is 5.97 Å². The minimum atomic E-state index is -3.97. The van der Waals surface area contributed by atoms with Crippen molar-refractivity contribution in [3.63, 3.8) is 0 Å². The number of nitrogens with zero attached hydrogens (tertiary/aromatic N) is 1. The molecular weight excluding hydrogens is 418 g/mol. The van der Waals surface area contributed by atoms with E-state index >= 15 is 0 Å². The fourth-order valence-electron chi connectivity index (χ4n) is 3.74. The number of esters is 1. The first-order valence-corrected chi connectivity index (χ1v) is 11.9. The second kappa shape index (κ2) is 10.3. The van der Waals surface area contributed by atoms with Gasteiger partial charge in [-0.25, -0.2) is 8.42 Å². The summed E-state index contributed by atoms with van der Waals surface area (Å²) >= 11 is 0. The van der Waals surface area contributed by atoms with Crippen molar-refractivity contribution < 1.29 is 27.5 Å². The van der Waals surface area contributed by atoms with Crippen LogP contribution in [0.5, 0.6) is 5.75 Å². The van der Waals surface area contributed by atoms with E-state index < -0.39 is 20.6 Å². The van der Waals surface area contributed by atoms with Crippen molar-refractivity contribution in [1.82, 2.24) is 5.06 Å². The summed E-state index contributed by atoms with van der Waals surface area (Å²) in [6.07, 6.45) is 0.960. The largest absolute Gasteiger partial charge is 0.497 e. The van der Waals surface area contributed by atoms with E-state index in [2.05, 4.69) is 0 Å². The molecule has 3 rings (SSSR count). The highest BCUT2D eigenvalue weighted by atomic mass is 32.2. The lowest BCUT2D eigenvalue weighted by atomic mass is 9.97. The van der Waals surface area contributed by atoms with E-state index in [-0.39, 0.29) is 24.3 Å². The van der Waals surface area contributed by atoms with E-state index in [1.165, 1.54) is 24.8 Å². The van der Waals surface area contributed by atoms with Gasteiger partial charge in [-0.2, -0.15) is 5.06 Å².